The molecule has 0 bridgehead atoms. The number of hydrogen-bond donors (Lipinski definition) is 0. The van der Waals surface area contributed by atoms with E-state index in [1.165, 1.54) is 6.39 Å². The second-order valence-corrected chi connectivity index (χ2v) is 6.14. The number of likely N-dealkylation sites (tertiary alicyclic amines) is 1. The first-order valence-electron chi connectivity index (χ1n) is 8.34. The van der Waals surface area contributed by atoms with Crippen molar-refractivity contribution in [3.8, 4) is 0 Å². The van der Waals surface area contributed by atoms with Crippen molar-refractivity contribution in [1.82, 2.24) is 15.0 Å². The van der Waals surface area contributed by atoms with Crippen molar-refractivity contribution in [2.45, 2.75) is 31.7 Å². The molecule has 7 heteroatoms. The lowest BCUT2D eigenvalue weighted by Gasteiger charge is -2.27. The van der Waals surface area contributed by atoms with Gasteiger partial charge in [-0.15, -0.1) is 0 Å². The van der Waals surface area contributed by atoms with E-state index in [4.69, 9.17) is 8.94 Å². The Labute approximate surface area is 143 Å². The summed E-state index contributed by atoms with van der Waals surface area (Å²) in [7, 11) is 0. The first-order valence-corrected chi connectivity index (χ1v) is 8.34. The second-order valence-electron chi connectivity index (χ2n) is 6.14. The van der Waals surface area contributed by atoms with E-state index in [1.807, 2.05) is 6.07 Å². The summed E-state index contributed by atoms with van der Waals surface area (Å²) >= 11 is 0. The second kappa shape index (κ2) is 6.51. The molecule has 3 aromatic rings. The van der Waals surface area contributed by atoms with Gasteiger partial charge < -0.3 is 13.8 Å². The zero-order chi connectivity index (χ0) is 17.2. The summed E-state index contributed by atoms with van der Waals surface area (Å²) in [6.45, 7) is 0.564. The monoisotopic (exact) mass is 339 g/mol. The Kier molecular flexibility index (Phi) is 4.05. The van der Waals surface area contributed by atoms with E-state index in [0.717, 1.165) is 25.7 Å². The number of benzene rings is 1. The summed E-state index contributed by atoms with van der Waals surface area (Å²) in [6, 6.07) is 8.42. The number of nitrogens with zero attached hydrogens (tertiary/aromatic N) is 3. The number of amides is 1. The number of hydrogen-bond acceptors (Lipinski definition) is 6. The number of rotatable bonds is 2. The zero-order valence-electron chi connectivity index (χ0n) is 13.6. The van der Waals surface area contributed by atoms with Crippen LogP contribution in [0.5, 0.6) is 0 Å². The third-order valence-electron chi connectivity index (χ3n) is 4.57. The molecule has 1 aliphatic heterocycles. The molecule has 128 valence electrons. The van der Waals surface area contributed by atoms with Gasteiger partial charge in [0.15, 0.2) is 11.6 Å². The van der Waals surface area contributed by atoms with Crippen LogP contribution in [0.3, 0.4) is 0 Å². The molecule has 0 unspecified atom stereocenters. The summed E-state index contributed by atoms with van der Waals surface area (Å²) in [5, 5.41) is 5.05. The average molecular weight is 339 g/mol. The number of aromatic nitrogens is 2. The van der Waals surface area contributed by atoms with E-state index in [0.29, 0.717) is 23.1 Å². The predicted molar refractivity (Wildman–Crippen MR) is 89.0 cm³/mol. The van der Waals surface area contributed by atoms with Gasteiger partial charge in [0.2, 0.25) is 6.39 Å². The quantitative estimate of drug-likeness (QED) is 0.713. The van der Waals surface area contributed by atoms with E-state index in [9.17, 15) is 9.59 Å². The Balaban J connectivity index is 1.74. The molecule has 0 N–H and O–H groups in total. The highest BCUT2D eigenvalue weighted by Crippen LogP contribution is 2.29. The molecule has 1 aliphatic rings. The molecule has 0 aliphatic carbocycles. The van der Waals surface area contributed by atoms with Gasteiger partial charge in [-0.3, -0.25) is 4.79 Å². The first kappa shape index (κ1) is 15.6. The number of carbonyl (C=O) groups is 1. The van der Waals surface area contributed by atoms with Gasteiger partial charge in [-0.05, 0) is 30.4 Å². The maximum Gasteiger partial charge on any atom is 0.344 e. The molecule has 1 fully saturated rings. The van der Waals surface area contributed by atoms with Crippen molar-refractivity contribution >= 4 is 16.7 Å². The molecule has 25 heavy (non-hydrogen) atoms. The Hall–Kier alpha value is -2.96. The maximum absolute atomic E-state index is 13.1. The van der Waals surface area contributed by atoms with Gasteiger partial charge in [0.05, 0.1) is 11.4 Å². The summed E-state index contributed by atoms with van der Waals surface area (Å²) < 4.78 is 10.1. The summed E-state index contributed by atoms with van der Waals surface area (Å²) in [5.41, 5.74) is -0.507. The van der Waals surface area contributed by atoms with E-state index in [1.54, 1.807) is 29.2 Å². The molecule has 1 aromatic carbocycles. The van der Waals surface area contributed by atoms with Gasteiger partial charge in [-0.2, -0.15) is 4.98 Å². The van der Waals surface area contributed by atoms with Crippen molar-refractivity contribution in [2.75, 3.05) is 6.54 Å². The Morgan fingerprint density at radius 3 is 2.92 bits per heavy atom. The van der Waals surface area contributed by atoms with Gasteiger partial charge in [-0.25, -0.2) is 4.79 Å². The topological polar surface area (TPSA) is 89.4 Å². The summed E-state index contributed by atoms with van der Waals surface area (Å²) in [4.78, 5) is 31.0. The van der Waals surface area contributed by atoms with Crippen LogP contribution in [0.25, 0.3) is 10.8 Å². The lowest BCUT2D eigenvalue weighted by Crippen LogP contribution is -2.35. The largest absolute Gasteiger partial charge is 0.417 e. The molecular formula is C18H17N3O4. The fourth-order valence-corrected chi connectivity index (χ4v) is 3.33. The molecule has 4 rings (SSSR count). The van der Waals surface area contributed by atoms with Gasteiger partial charge in [0.1, 0.15) is 0 Å². The van der Waals surface area contributed by atoms with E-state index < -0.39 is 5.63 Å². The van der Waals surface area contributed by atoms with Gasteiger partial charge in [0.25, 0.3) is 5.91 Å². The van der Waals surface area contributed by atoms with E-state index in [2.05, 4.69) is 10.1 Å². The van der Waals surface area contributed by atoms with E-state index in [-0.39, 0.29) is 17.7 Å². The van der Waals surface area contributed by atoms with Crippen LogP contribution in [0, 0.1) is 0 Å². The highest BCUT2D eigenvalue weighted by atomic mass is 16.5. The lowest BCUT2D eigenvalue weighted by molar-refractivity contribution is 0.0633. The minimum absolute atomic E-state index is 0.0408. The molecule has 0 spiro atoms. The van der Waals surface area contributed by atoms with Crippen LogP contribution in [-0.2, 0) is 0 Å². The van der Waals surface area contributed by atoms with Crippen molar-refractivity contribution in [3.63, 3.8) is 0 Å². The molecule has 3 heterocycles. The van der Waals surface area contributed by atoms with Crippen LogP contribution in [0.15, 0.2) is 50.5 Å². The van der Waals surface area contributed by atoms with Crippen LogP contribution in [0.1, 0.15) is 48.1 Å². The fraction of sp³-hybridized carbons (Fsp3) is 0.333. The van der Waals surface area contributed by atoms with Crippen molar-refractivity contribution in [1.29, 1.82) is 0 Å². The lowest BCUT2D eigenvalue weighted by atomic mass is 10.1. The highest BCUT2D eigenvalue weighted by Gasteiger charge is 2.31. The van der Waals surface area contributed by atoms with Crippen molar-refractivity contribution < 1.29 is 13.7 Å². The minimum Gasteiger partial charge on any atom is -0.417 e. The van der Waals surface area contributed by atoms with Crippen LogP contribution in [0.4, 0.5) is 0 Å². The highest BCUT2D eigenvalue weighted by molar-refractivity contribution is 5.95. The minimum atomic E-state index is -0.507. The van der Waals surface area contributed by atoms with Crippen molar-refractivity contribution in [3.05, 3.63) is 58.7 Å². The molecule has 0 saturated carbocycles. The Morgan fingerprint density at radius 2 is 2.08 bits per heavy atom. The Bertz CT molecular complexity index is 948. The third-order valence-corrected chi connectivity index (χ3v) is 4.57. The standard InChI is InChI=1S/C18H17N3O4/c22-17(15-10-12-6-3-4-7-13(12)18(23)25-15)21-9-5-1-2-8-14(21)16-19-11-24-20-16/h3-4,6-7,10-11,14H,1-2,5,8-9H2/t14-/m1/s1. The van der Waals surface area contributed by atoms with Gasteiger partial charge in [-0.1, -0.05) is 36.2 Å². The maximum atomic E-state index is 13.1. The van der Waals surface area contributed by atoms with Crippen molar-refractivity contribution in [2.24, 2.45) is 0 Å². The summed E-state index contributed by atoms with van der Waals surface area (Å²) in [6.07, 6.45) is 4.91. The molecule has 0 radical (unpaired) electrons. The Morgan fingerprint density at radius 1 is 1.20 bits per heavy atom. The van der Waals surface area contributed by atoms with Crippen LogP contribution >= 0.6 is 0 Å². The smallest absolute Gasteiger partial charge is 0.344 e. The number of carbonyl (C=O) groups excluding carboxylic acids is 1. The predicted octanol–water partition coefficient (Wildman–Crippen LogP) is 2.93. The number of fused-ring (bicyclic) bond motifs is 1. The van der Waals surface area contributed by atoms with Crippen LogP contribution in [0.2, 0.25) is 0 Å². The van der Waals surface area contributed by atoms with Crippen LogP contribution < -0.4 is 5.63 Å². The molecule has 1 atom stereocenters. The first-order chi connectivity index (χ1) is 12.2. The SMILES string of the molecule is O=C(c1cc2ccccc2c(=O)o1)N1CCCCC[C@@H]1c1ncon1. The molecule has 1 saturated heterocycles. The summed E-state index contributed by atoms with van der Waals surface area (Å²) in [5.74, 6) is 0.206. The van der Waals surface area contributed by atoms with Gasteiger partial charge >= 0.3 is 5.63 Å². The fourth-order valence-electron chi connectivity index (χ4n) is 3.33. The molecule has 7 nitrogen and oxygen atoms in total. The zero-order valence-corrected chi connectivity index (χ0v) is 13.6. The van der Waals surface area contributed by atoms with E-state index >= 15 is 0 Å². The molecule has 1 amide bonds. The van der Waals surface area contributed by atoms with Gasteiger partial charge in [0, 0.05) is 6.54 Å². The van der Waals surface area contributed by atoms with Crippen LogP contribution in [-0.4, -0.2) is 27.5 Å². The third kappa shape index (κ3) is 2.93. The molecular weight excluding hydrogens is 322 g/mol. The molecule has 2 aromatic heterocycles. The normalized spacial score (nSPS) is 18.2. The average Bonchev–Trinajstić information content (AvgIpc) is 3.05.